The molecule has 1 saturated carbocycles. The fraction of sp³-hybridized carbons (Fsp3) is 0.217. The molecule has 2 aliphatic rings. The second-order valence-corrected chi connectivity index (χ2v) is 8.19. The van der Waals surface area contributed by atoms with Gasteiger partial charge in [0.25, 0.3) is 0 Å². The van der Waals surface area contributed by atoms with E-state index >= 15 is 0 Å². The number of carbonyl (C=O) groups excluding carboxylic acids is 1. The van der Waals surface area contributed by atoms with Crippen molar-refractivity contribution in [3.63, 3.8) is 0 Å². The van der Waals surface area contributed by atoms with Gasteiger partial charge in [-0.3, -0.25) is 4.79 Å². The average Bonchev–Trinajstić information content (AvgIpc) is 3.25. The number of nitrogens with one attached hydrogen (secondary N) is 1. The zero-order valence-electron chi connectivity index (χ0n) is 15.4. The maximum absolute atomic E-state index is 10.9. The Bertz CT molecular complexity index is 1050. The number of carbonyl (C=O) groups is 1. The number of hydrogen-bond acceptors (Lipinski definition) is 4. The number of rotatable bonds is 6. The highest BCUT2D eigenvalue weighted by Crippen LogP contribution is 2.44. The van der Waals surface area contributed by atoms with Gasteiger partial charge in [0.2, 0.25) is 0 Å². The first-order valence-corrected chi connectivity index (χ1v) is 10.5. The number of benzene rings is 1. The van der Waals surface area contributed by atoms with Crippen LogP contribution >= 0.6 is 11.3 Å². The molecule has 0 saturated heterocycles. The van der Waals surface area contributed by atoms with Crippen molar-refractivity contribution >= 4 is 35.7 Å². The van der Waals surface area contributed by atoms with Crippen LogP contribution in [0.15, 0.2) is 59.3 Å². The summed E-state index contributed by atoms with van der Waals surface area (Å²) in [4.78, 5) is 10.9. The van der Waals surface area contributed by atoms with Gasteiger partial charge in [0.1, 0.15) is 6.29 Å². The molecule has 1 aromatic carbocycles. The highest BCUT2D eigenvalue weighted by atomic mass is 32.1. The van der Waals surface area contributed by atoms with Crippen LogP contribution in [0.2, 0.25) is 0 Å². The summed E-state index contributed by atoms with van der Waals surface area (Å²) in [5.74, 6) is 0.913. The molecule has 5 rings (SSSR count). The van der Waals surface area contributed by atoms with Gasteiger partial charge in [0, 0.05) is 29.6 Å². The summed E-state index contributed by atoms with van der Waals surface area (Å²) in [6, 6.07) is 13.4. The first kappa shape index (κ1) is 17.2. The van der Waals surface area contributed by atoms with E-state index in [1.165, 1.54) is 30.0 Å². The van der Waals surface area contributed by atoms with Crippen LogP contribution in [0.25, 0.3) is 12.3 Å². The lowest BCUT2D eigenvalue weighted by molar-refractivity contribution is -0.104. The molecule has 0 aliphatic heterocycles. The highest BCUT2D eigenvalue weighted by Gasteiger charge is 2.38. The van der Waals surface area contributed by atoms with E-state index in [0.717, 1.165) is 29.8 Å². The molecule has 0 radical (unpaired) electrons. The van der Waals surface area contributed by atoms with E-state index in [1.807, 2.05) is 4.68 Å². The fourth-order valence-corrected chi connectivity index (χ4v) is 4.71. The Morgan fingerprint density at radius 3 is 2.75 bits per heavy atom. The molecule has 0 bridgehead atoms. The molecule has 28 heavy (non-hydrogen) atoms. The molecule has 1 unspecified atom stereocenters. The number of aldehydes is 1. The monoisotopic (exact) mass is 387 g/mol. The number of nitrogens with zero attached hydrogens (tertiary/aromatic N) is 2. The zero-order valence-corrected chi connectivity index (χ0v) is 16.2. The minimum atomic E-state index is -0.238. The van der Waals surface area contributed by atoms with Gasteiger partial charge in [-0.1, -0.05) is 42.5 Å². The molecule has 3 aromatic rings. The van der Waals surface area contributed by atoms with Gasteiger partial charge in [-0.2, -0.15) is 16.4 Å². The van der Waals surface area contributed by atoms with Crippen LogP contribution in [-0.4, -0.2) is 22.1 Å². The maximum atomic E-state index is 10.9. The number of allylic oxidation sites excluding steroid dienone is 2. The smallest absolute Gasteiger partial charge is 0.156 e. The van der Waals surface area contributed by atoms with Crippen molar-refractivity contribution in [1.29, 1.82) is 0 Å². The third-order valence-corrected chi connectivity index (χ3v) is 6.26. The van der Waals surface area contributed by atoms with Gasteiger partial charge in [-0.15, -0.1) is 0 Å². The van der Waals surface area contributed by atoms with E-state index in [4.69, 9.17) is 5.10 Å². The largest absolute Gasteiger partial charge is 0.365 e. The first-order valence-electron chi connectivity index (χ1n) is 9.57. The van der Waals surface area contributed by atoms with Crippen LogP contribution in [0.5, 0.6) is 0 Å². The van der Waals surface area contributed by atoms with E-state index in [0.29, 0.717) is 6.04 Å². The lowest BCUT2D eigenvalue weighted by atomic mass is 9.69. The van der Waals surface area contributed by atoms with Crippen molar-refractivity contribution in [2.75, 3.05) is 5.32 Å². The number of anilines is 1. The van der Waals surface area contributed by atoms with Crippen LogP contribution in [0.3, 0.4) is 0 Å². The molecule has 0 amide bonds. The van der Waals surface area contributed by atoms with Gasteiger partial charge in [0.15, 0.2) is 5.82 Å². The summed E-state index contributed by atoms with van der Waals surface area (Å²) in [7, 11) is 0. The van der Waals surface area contributed by atoms with Crippen molar-refractivity contribution < 1.29 is 4.79 Å². The van der Waals surface area contributed by atoms with Gasteiger partial charge >= 0.3 is 0 Å². The molecular weight excluding hydrogens is 366 g/mol. The molecule has 1 N–H and O–H groups in total. The SMILES string of the molecule is O=CC=Cn1nc(NC2CC2)c2c1CC(c1ccccc1)(c1ccsc1)C=C2. The van der Waals surface area contributed by atoms with Crippen LogP contribution in [0.1, 0.15) is 35.2 Å². The predicted octanol–water partition coefficient (Wildman–Crippen LogP) is 4.74. The van der Waals surface area contributed by atoms with Crippen LogP contribution < -0.4 is 5.32 Å². The molecule has 0 spiro atoms. The third kappa shape index (κ3) is 2.92. The van der Waals surface area contributed by atoms with Crippen LogP contribution in [0.4, 0.5) is 5.82 Å². The van der Waals surface area contributed by atoms with Gasteiger partial charge in [-0.25, -0.2) is 4.68 Å². The zero-order chi connectivity index (χ0) is 19.0. The summed E-state index contributed by atoms with van der Waals surface area (Å²) < 4.78 is 1.86. The Balaban J connectivity index is 1.65. The number of fused-ring (bicyclic) bond motifs is 1. The summed E-state index contributed by atoms with van der Waals surface area (Å²) in [5, 5.41) is 12.7. The predicted molar refractivity (Wildman–Crippen MR) is 115 cm³/mol. The molecule has 5 heteroatoms. The summed E-state index contributed by atoms with van der Waals surface area (Å²) in [6.07, 6.45) is 11.8. The lowest BCUT2D eigenvalue weighted by Crippen LogP contribution is -2.30. The van der Waals surface area contributed by atoms with Crippen molar-refractivity contribution in [2.24, 2.45) is 0 Å². The lowest BCUT2D eigenvalue weighted by Gasteiger charge is -2.34. The second kappa shape index (κ2) is 6.91. The Morgan fingerprint density at radius 2 is 2.04 bits per heavy atom. The molecular formula is C23H21N3OS. The standard InChI is InChI=1S/C23H21N3OS/c27-13-4-12-26-21-15-23(18-10-14-28-16-18,17-5-2-1-3-6-17)11-9-20(21)22(25-26)24-19-7-8-19/h1-6,9-14,16,19H,7-8,15H2,(H,24,25). The van der Waals surface area contributed by atoms with Crippen LogP contribution in [-0.2, 0) is 16.6 Å². The summed E-state index contributed by atoms with van der Waals surface area (Å²) in [6.45, 7) is 0. The quantitative estimate of drug-likeness (QED) is 0.491. The summed E-state index contributed by atoms with van der Waals surface area (Å²) >= 11 is 1.72. The molecule has 2 aliphatic carbocycles. The van der Waals surface area contributed by atoms with E-state index in [-0.39, 0.29) is 5.41 Å². The van der Waals surface area contributed by atoms with E-state index in [2.05, 4.69) is 64.6 Å². The second-order valence-electron chi connectivity index (χ2n) is 7.41. The third-order valence-electron chi connectivity index (χ3n) is 5.58. The Labute approximate surface area is 168 Å². The summed E-state index contributed by atoms with van der Waals surface area (Å²) in [5.41, 5.74) is 4.56. The molecule has 2 aromatic heterocycles. The van der Waals surface area contributed by atoms with Gasteiger partial charge < -0.3 is 5.32 Å². The van der Waals surface area contributed by atoms with Gasteiger partial charge in [-0.05, 0) is 46.9 Å². The fourth-order valence-electron chi connectivity index (χ4n) is 3.97. The van der Waals surface area contributed by atoms with Crippen molar-refractivity contribution in [2.45, 2.75) is 30.7 Å². The number of hydrogen-bond donors (Lipinski definition) is 1. The van der Waals surface area contributed by atoms with Crippen LogP contribution in [0, 0.1) is 0 Å². The molecule has 1 fully saturated rings. The van der Waals surface area contributed by atoms with Crippen molar-refractivity contribution in [1.82, 2.24) is 9.78 Å². The Morgan fingerprint density at radius 1 is 1.18 bits per heavy atom. The minimum Gasteiger partial charge on any atom is -0.365 e. The minimum absolute atomic E-state index is 0.238. The first-order chi connectivity index (χ1) is 13.8. The molecule has 4 nitrogen and oxygen atoms in total. The number of thiophene rings is 1. The van der Waals surface area contributed by atoms with E-state index < -0.39 is 0 Å². The molecule has 140 valence electrons. The normalized spacial score (nSPS) is 21.0. The highest BCUT2D eigenvalue weighted by molar-refractivity contribution is 7.08. The van der Waals surface area contributed by atoms with Crippen molar-refractivity contribution in [3.05, 3.63) is 81.7 Å². The molecule has 2 heterocycles. The van der Waals surface area contributed by atoms with E-state index in [1.54, 1.807) is 17.5 Å². The maximum Gasteiger partial charge on any atom is 0.156 e. The van der Waals surface area contributed by atoms with Crippen molar-refractivity contribution in [3.8, 4) is 0 Å². The van der Waals surface area contributed by atoms with E-state index in [9.17, 15) is 4.79 Å². The van der Waals surface area contributed by atoms with Gasteiger partial charge in [0.05, 0.1) is 5.69 Å². The Kier molecular flexibility index (Phi) is 4.24. The molecule has 1 atom stereocenters. The average molecular weight is 388 g/mol. The topological polar surface area (TPSA) is 46.9 Å². The Hall–Kier alpha value is -2.92. The number of aromatic nitrogens is 2.